The number of benzene rings is 1. The van der Waals surface area contributed by atoms with E-state index in [1.54, 1.807) is 6.07 Å². The van der Waals surface area contributed by atoms with E-state index < -0.39 is 0 Å². The summed E-state index contributed by atoms with van der Waals surface area (Å²) in [4.78, 5) is 2.26. The molecule has 1 N–H and O–H groups in total. The summed E-state index contributed by atoms with van der Waals surface area (Å²) in [6, 6.07) is 4.88. The quantitative estimate of drug-likeness (QED) is 0.820. The average molecular weight is 237 g/mol. The van der Waals surface area contributed by atoms with Crippen molar-refractivity contribution in [1.82, 2.24) is 9.69 Å². The Bertz CT molecular complexity index is 505. The molecule has 0 radical (unpaired) electrons. The first-order chi connectivity index (χ1) is 7.84. The number of fused-ring (bicyclic) bond motifs is 1. The highest BCUT2D eigenvalue weighted by Gasteiger charge is 2.16. The Morgan fingerprint density at radius 2 is 2.12 bits per heavy atom. The largest absolute Gasteiger partial charge is 0.353 e. The highest BCUT2D eigenvalue weighted by molar-refractivity contribution is 7.13. The Morgan fingerprint density at radius 1 is 1.31 bits per heavy atom. The van der Waals surface area contributed by atoms with Crippen molar-refractivity contribution in [3.63, 3.8) is 0 Å². The van der Waals surface area contributed by atoms with Crippen LogP contribution in [-0.4, -0.2) is 30.6 Å². The van der Waals surface area contributed by atoms with Gasteiger partial charge in [-0.1, -0.05) is 0 Å². The predicted octanol–water partition coefficient (Wildman–Crippen LogP) is 1.84. The van der Waals surface area contributed by atoms with Crippen molar-refractivity contribution in [3.05, 3.63) is 24.0 Å². The van der Waals surface area contributed by atoms with Gasteiger partial charge in [-0.25, -0.2) is 4.39 Å². The third-order valence-electron chi connectivity index (χ3n) is 2.83. The molecule has 84 valence electrons. The first kappa shape index (κ1) is 9.99. The standard InChI is InChI=1S/C11H12FN3S/c12-8-1-2-9-10(7-8)16-14-11(9)15-5-3-13-4-6-15/h1-2,7,13H,3-6H2. The van der Waals surface area contributed by atoms with Crippen LogP contribution >= 0.6 is 11.5 Å². The summed E-state index contributed by atoms with van der Waals surface area (Å²) in [6.45, 7) is 3.91. The van der Waals surface area contributed by atoms with E-state index in [4.69, 9.17) is 0 Å². The van der Waals surface area contributed by atoms with Crippen LogP contribution in [0.2, 0.25) is 0 Å². The van der Waals surface area contributed by atoms with Crippen molar-refractivity contribution < 1.29 is 4.39 Å². The molecule has 1 saturated heterocycles. The van der Waals surface area contributed by atoms with Crippen LogP contribution in [0, 0.1) is 5.82 Å². The maximum Gasteiger partial charge on any atom is 0.150 e. The molecule has 16 heavy (non-hydrogen) atoms. The molecule has 0 atom stereocenters. The molecule has 1 fully saturated rings. The van der Waals surface area contributed by atoms with Gasteiger partial charge in [-0.2, -0.15) is 4.37 Å². The zero-order valence-corrected chi connectivity index (χ0v) is 9.56. The fourth-order valence-electron chi connectivity index (χ4n) is 2.00. The van der Waals surface area contributed by atoms with Gasteiger partial charge in [0.2, 0.25) is 0 Å². The molecule has 1 aliphatic rings. The lowest BCUT2D eigenvalue weighted by Gasteiger charge is -2.27. The molecule has 0 amide bonds. The summed E-state index contributed by atoms with van der Waals surface area (Å²) in [5.41, 5.74) is 0. The molecule has 3 nitrogen and oxygen atoms in total. The molecular weight excluding hydrogens is 225 g/mol. The Labute approximate surface area is 97.0 Å². The Kier molecular flexibility index (Phi) is 2.49. The van der Waals surface area contributed by atoms with Crippen molar-refractivity contribution >= 4 is 27.4 Å². The number of anilines is 1. The van der Waals surface area contributed by atoms with E-state index in [1.165, 1.54) is 17.6 Å². The number of nitrogens with zero attached hydrogens (tertiary/aromatic N) is 2. The summed E-state index contributed by atoms with van der Waals surface area (Å²) >= 11 is 1.37. The second-order valence-electron chi connectivity index (χ2n) is 3.88. The summed E-state index contributed by atoms with van der Waals surface area (Å²) in [6.07, 6.45) is 0. The lowest BCUT2D eigenvalue weighted by Crippen LogP contribution is -2.43. The number of halogens is 1. The molecule has 0 bridgehead atoms. The van der Waals surface area contributed by atoms with Gasteiger partial charge in [0, 0.05) is 31.6 Å². The van der Waals surface area contributed by atoms with Crippen LogP contribution in [0.25, 0.3) is 10.1 Å². The second kappa shape index (κ2) is 3.99. The van der Waals surface area contributed by atoms with E-state index in [0.717, 1.165) is 42.1 Å². The SMILES string of the molecule is Fc1ccc2c(N3CCNCC3)nsc2c1. The normalized spacial score (nSPS) is 16.9. The van der Waals surface area contributed by atoms with E-state index >= 15 is 0 Å². The summed E-state index contributed by atoms with van der Waals surface area (Å²) in [7, 11) is 0. The summed E-state index contributed by atoms with van der Waals surface area (Å²) in [5.74, 6) is 0.810. The van der Waals surface area contributed by atoms with Gasteiger partial charge in [-0.15, -0.1) is 0 Å². The molecule has 0 spiro atoms. The van der Waals surface area contributed by atoms with E-state index in [-0.39, 0.29) is 5.82 Å². The fourth-order valence-corrected chi connectivity index (χ4v) is 2.82. The van der Waals surface area contributed by atoms with Crippen molar-refractivity contribution in [2.45, 2.75) is 0 Å². The molecule has 0 aliphatic carbocycles. The molecule has 5 heteroatoms. The molecule has 2 aromatic rings. The van der Waals surface area contributed by atoms with Crippen LogP contribution in [0.5, 0.6) is 0 Å². The molecule has 2 heterocycles. The lowest BCUT2D eigenvalue weighted by molar-refractivity contribution is 0.587. The van der Waals surface area contributed by atoms with Crippen molar-refractivity contribution in [2.75, 3.05) is 31.1 Å². The van der Waals surface area contributed by atoms with Crippen molar-refractivity contribution in [2.24, 2.45) is 0 Å². The number of nitrogens with one attached hydrogen (secondary N) is 1. The highest BCUT2D eigenvalue weighted by atomic mass is 32.1. The van der Waals surface area contributed by atoms with Crippen LogP contribution in [0.3, 0.4) is 0 Å². The highest BCUT2D eigenvalue weighted by Crippen LogP contribution is 2.30. The Morgan fingerprint density at radius 3 is 2.94 bits per heavy atom. The minimum Gasteiger partial charge on any atom is -0.353 e. The first-order valence-corrected chi connectivity index (χ1v) is 6.12. The molecule has 1 aromatic heterocycles. The smallest absolute Gasteiger partial charge is 0.150 e. The third kappa shape index (κ3) is 1.66. The van der Waals surface area contributed by atoms with E-state index in [2.05, 4.69) is 14.6 Å². The van der Waals surface area contributed by atoms with Gasteiger partial charge < -0.3 is 10.2 Å². The Hall–Kier alpha value is -1.20. The van der Waals surface area contributed by atoms with Gasteiger partial charge in [0.1, 0.15) is 11.6 Å². The van der Waals surface area contributed by atoms with Gasteiger partial charge in [-0.05, 0) is 29.7 Å². The zero-order chi connectivity index (χ0) is 11.0. The van der Waals surface area contributed by atoms with Gasteiger partial charge in [0.15, 0.2) is 0 Å². The molecule has 0 unspecified atom stereocenters. The van der Waals surface area contributed by atoms with E-state index in [0.29, 0.717) is 0 Å². The number of piperazine rings is 1. The fraction of sp³-hybridized carbons (Fsp3) is 0.364. The van der Waals surface area contributed by atoms with Gasteiger partial charge in [-0.3, -0.25) is 0 Å². The average Bonchev–Trinajstić information content (AvgIpc) is 2.73. The van der Waals surface area contributed by atoms with Gasteiger partial charge in [0.25, 0.3) is 0 Å². The van der Waals surface area contributed by atoms with Crippen LogP contribution < -0.4 is 10.2 Å². The lowest BCUT2D eigenvalue weighted by atomic mass is 10.2. The zero-order valence-electron chi connectivity index (χ0n) is 8.74. The molecule has 0 saturated carbocycles. The molecule has 1 aliphatic heterocycles. The maximum absolute atomic E-state index is 13.0. The van der Waals surface area contributed by atoms with Crippen molar-refractivity contribution in [3.8, 4) is 0 Å². The van der Waals surface area contributed by atoms with Gasteiger partial charge in [0.05, 0.1) is 4.70 Å². The molecular formula is C11H12FN3S. The van der Waals surface area contributed by atoms with Crippen molar-refractivity contribution in [1.29, 1.82) is 0 Å². The van der Waals surface area contributed by atoms with Gasteiger partial charge >= 0.3 is 0 Å². The minimum atomic E-state index is -0.192. The van der Waals surface area contributed by atoms with E-state index in [9.17, 15) is 4.39 Å². The predicted molar refractivity (Wildman–Crippen MR) is 64.7 cm³/mol. The Balaban J connectivity index is 2.03. The van der Waals surface area contributed by atoms with Crippen LogP contribution in [0.4, 0.5) is 10.2 Å². The summed E-state index contributed by atoms with van der Waals surface area (Å²) in [5, 5.41) is 4.37. The molecule has 1 aromatic carbocycles. The van der Waals surface area contributed by atoms with E-state index in [1.807, 2.05) is 6.07 Å². The number of hydrogen-bond donors (Lipinski definition) is 1. The van der Waals surface area contributed by atoms with Crippen LogP contribution in [0.15, 0.2) is 18.2 Å². The maximum atomic E-state index is 13.0. The van der Waals surface area contributed by atoms with Crippen LogP contribution in [-0.2, 0) is 0 Å². The minimum absolute atomic E-state index is 0.192. The number of rotatable bonds is 1. The van der Waals surface area contributed by atoms with Crippen LogP contribution in [0.1, 0.15) is 0 Å². The molecule has 3 rings (SSSR count). The number of aromatic nitrogens is 1. The summed E-state index contributed by atoms with van der Waals surface area (Å²) < 4.78 is 18.4. The topological polar surface area (TPSA) is 28.2 Å². The monoisotopic (exact) mass is 237 g/mol. The third-order valence-corrected chi connectivity index (χ3v) is 3.63. The second-order valence-corrected chi connectivity index (χ2v) is 4.69. The first-order valence-electron chi connectivity index (χ1n) is 5.35. The number of hydrogen-bond acceptors (Lipinski definition) is 4.